The number of aryl methyl sites for hydroxylation is 2. The normalized spacial score (nSPS) is 11.4. The minimum absolute atomic E-state index is 0.0497. The lowest BCUT2D eigenvalue weighted by atomic mass is 10.1. The molecule has 0 radical (unpaired) electrons. The van der Waals surface area contributed by atoms with Gasteiger partial charge in [0.1, 0.15) is 0 Å². The maximum atomic E-state index is 12.6. The Morgan fingerprint density at radius 2 is 1.77 bits per heavy atom. The van der Waals surface area contributed by atoms with E-state index in [9.17, 15) is 4.79 Å². The first-order valence-electron chi connectivity index (χ1n) is 6.97. The lowest BCUT2D eigenvalue weighted by Gasteiger charge is -2.01. The van der Waals surface area contributed by atoms with Gasteiger partial charge in [-0.15, -0.1) is 0 Å². The van der Waals surface area contributed by atoms with Gasteiger partial charge < -0.3 is 0 Å². The maximum absolute atomic E-state index is 12.6. The van der Waals surface area contributed by atoms with Gasteiger partial charge >= 0.3 is 0 Å². The molecule has 108 valence electrons. The molecule has 0 aliphatic rings. The molecule has 1 aromatic carbocycles. The van der Waals surface area contributed by atoms with Crippen molar-refractivity contribution < 1.29 is 0 Å². The summed E-state index contributed by atoms with van der Waals surface area (Å²) < 4.78 is 1.69. The van der Waals surface area contributed by atoms with Crippen molar-refractivity contribution in [1.29, 1.82) is 0 Å². The number of imidazole rings is 1. The monoisotopic (exact) mass is 307 g/mol. The third-order valence-electron chi connectivity index (χ3n) is 3.88. The number of fused-ring (bicyclic) bond motifs is 3. The Morgan fingerprint density at radius 1 is 1.05 bits per heavy atom. The van der Waals surface area contributed by atoms with Crippen LogP contribution in [0.5, 0.6) is 0 Å². The predicted octanol–water partition coefficient (Wildman–Crippen LogP) is 3.59. The Bertz CT molecular complexity index is 1060. The van der Waals surface area contributed by atoms with E-state index in [1.165, 1.54) is 16.9 Å². The van der Waals surface area contributed by atoms with Crippen LogP contribution in [-0.2, 0) is 0 Å². The zero-order valence-electron chi connectivity index (χ0n) is 12.2. The first-order valence-corrected chi connectivity index (χ1v) is 7.79. The summed E-state index contributed by atoms with van der Waals surface area (Å²) >= 11 is 1.52. The second-order valence-corrected chi connectivity index (χ2v) is 6.35. The fraction of sp³-hybridized carbons (Fsp3) is 0.118. The molecule has 0 unspecified atom stereocenters. The zero-order chi connectivity index (χ0) is 15.3. The smallest absolute Gasteiger partial charge is 0.258 e. The molecule has 0 saturated carbocycles. The third-order valence-corrected chi connectivity index (χ3v) is 4.91. The van der Waals surface area contributed by atoms with Crippen molar-refractivity contribution in [2.45, 2.75) is 13.8 Å². The molecule has 0 atom stereocenters. The van der Waals surface area contributed by atoms with Crippen molar-refractivity contribution in [2.24, 2.45) is 0 Å². The number of aromatic nitrogens is 3. The fourth-order valence-corrected chi connectivity index (χ4v) is 3.59. The quantitative estimate of drug-likeness (QED) is 0.540. The standard InChI is InChI=1S/C17H13N3OS/c1-10-7-13-14(8-11(10)2)20-16(21)9-15(22-17(20)19-13)12-3-5-18-6-4-12/h3-9H,1-2H3. The van der Waals surface area contributed by atoms with Crippen LogP contribution in [0, 0.1) is 13.8 Å². The van der Waals surface area contributed by atoms with Crippen LogP contribution in [0.25, 0.3) is 26.4 Å². The number of pyridine rings is 1. The van der Waals surface area contributed by atoms with Crippen molar-refractivity contribution in [3.05, 3.63) is 64.2 Å². The molecule has 5 heteroatoms. The largest absolute Gasteiger partial charge is 0.269 e. The zero-order valence-corrected chi connectivity index (χ0v) is 13.0. The van der Waals surface area contributed by atoms with Gasteiger partial charge in [0, 0.05) is 23.3 Å². The fourth-order valence-electron chi connectivity index (χ4n) is 2.55. The predicted molar refractivity (Wildman–Crippen MR) is 89.6 cm³/mol. The molecule has 3 heterocycles. The van der Waals surface area contributed by atoms with Gasteiger partial charge in [-0.2, -0.15) is 0 Å². The minimum atomic E-state index is -0.0497. The average molecular weight is 307 g/mol. The van der Waals surface area contributed by atoms with E-state index in [4.69, 9.17) is 0 Å². The Morgan fingerprint density at radius 3 is 2.55 bits per heavy atom. The van der Waals surface area contributed by atoms with Gasteiger partial charge in [-0.1, -0.05) is 11.3 Å². The molecule has 0 N–H and O–H groups in total. The molecule has 4 rings (SSSR count). The second-order valence-electron chi connectivity index (χ2n) is 5.34. The van der Waals surface area contributed by atoms with E-state index in [1.807, 2.05) is 31.2 Å². The summed E-state index contributed by atoms with van der Waals surface area (Å²) in [4.78, 5) is 22.8. The van der Waals surface area contributed by atoms with Crippen LogP contribution in [0.2, 0.25) is 0 Å². The summed E-state index contributed by atoms with van der Waals surface area (Å²) in [7, 11) is 0. The Labute approximate surface area is 130 Å². The van der Waals surface area contributed by atoms with Gasteiger partial charge in [-0.3, -0.25) is 14.2 Å². The van der Waals surface area contributed by atoms with E-state index in [0.717, 1.165) is 32.0 Å². The summed E-state index contributed by atoms with van der Waals surface area (Å²) in [5, 5.41) is 0. The van der Waals surface area contributed by atoms with Crippen LogP contribution < -0.4 is 5.56 Å². The van der Waals surface area contributed by atoms with E-state index >= 15 is 0 Å². The number of benzene rings is 1. The van der Waals surface area contributed by atoms with E-state index in [2.05, 4.69) is 16.9 Å². The summed E-state index contributed by atoms with van der Waals surface area (Å²) in [5.41, 5.74) is 5.02. The topological polar surface area (TPSA) is 47.3 Å². The van der Waals surface area contributed by atoms with Crippen molar-refractivity contribution in [1.82, 2.24) is 14.4 Å². The Hall–Kier alpha value is -2.53. The summed E-state index contributed by atoms with van der Waals surface area (Å²) in [6.07, 6.45) is 3.46. The van der Waals surface area contributed by atoms with Crippen LogP contribution in [0.4, 0.5) is 0 Å². The minimum Gasteiger partial charge on any atom is -0.269 e. The molecule has 0 bridgehead atoms. The lowest BCUT2D eigenvalue weighted by molar-refractivity contribution is 1.18. The molecule has 3 aromatic heterocycles. The maximum Gasteiger partial charge on any atom is 0.258 e. The molecule has 0 aliphatic heterocycles. The molecular weight excluding hydrogens is 294 g/mol. The molecule has 0 amide bonds. The number of nitrogens with zero attached hydrogens (tertiary/aromatic N) is 3. The van der Waals surface area contributed by atoms with Gasteiger partial charge in [-0.25, -0.2) is 4.98 Å². The summed E-state index contributed by atoms with van der Waals surface area (Å²) in [6, 6.07) is 9.54. The highest BCUT2D eigenvalue weighted by Crippen LogP contribution is 2.27. The third kappa shape index (κ3) is 1.94. The molecule has 4 aromatic rings. The van der Waals surface area contributed by atoms with Crippen LogP contribution in [0.1, 0.15) is 11.1 Å². The van der Waals surface area contributed by atoms with E-state index < -0.39 is 0 Å². The van der Waals surface area contributed by atoms with Crippen LogP contribution in [0.3, 0.4) is 0 Å². The van der Waals surface area contributed by atoms with Crippen molar-refractivity contribution >= 4 is 27.3 Å². The van der Waals surface area contributed by atoms with E-state index in [0.29, 0.717) is 0 Å². The SMILES string of the molecule is Cc1cc2nc3sc(-c4ccncc4)cc(=O)n3c2cc1C. The molecule has 22 heavy (non-hydrogen) atoms. The number of hydrogen-bond acceptors (Lipinski definition) is 4. The van der Waals surface area contributed by atoms with Gasteiger partial charge in [0.25, 0.3) is 5.56 Å². The van der Waals surface area contributed by atoms with Crippen molar-refractivity contribution in [3.8, 4) is 10.4 Å². The van der Waals surface area contributed by atoms with E-state index in [1.54, 1.807) is 22.9 Å². The second kappa shape index (κ2) is 4.74. The van der Waals surface area contributed by atoms with Crippen LogP contribution in [-0.4, -0.2) is 14.4 Å². The number of hydrogen-bond donors (Lipinski definition) is 0. The van der Waals surface area contributed by atoms with Crippen LogP contribution in [0.15, 0.2) is 47.5 Å². The molecule has 0 fully saturated rings. The Balaban J connectivity index is 2.07. The Kier molecular flexibility index (Phi) is 2.84. The number of rotatable bonds is 1. The average Bonchev–Trinajstić information content (AvgIpc) is 2.86. The van der Waals surface area contributed by atoms with E-state index in [-0.39, 0.29) is 5.56 Å². The molecule has 0 saturated heterocycles. The highest BCUT2D eigenvalue weighted by molar-refractivity contribution is 7.20. The van der Waals surface area contributed by atoms with Crippen molar-refractivity contribution in [3.63, 3.8) is 0 Å². The molecule has 4 nitrogen and oxygen atoms in total. The lowest BCUT2D eigenvalue weighted by Crippen LogP contribution is -2.10. The highest BCUT2D eigenvalue weighted by Gasteiger charge is 2.11. The van der Waals surface area contributed by atoms with Crippen LogP contribution >= 0.6 is 11.3 Å². The molecular formula is C17H13N3OS. The van der Waals surface area contributed by atoms with Crippen molar-refractivity contribution in [2.75, 3.05) is 0 Å². The highest BCUT2D eigenvalue weighted by atomic mass is 32.1. The molecule has 0 aliphatic carbocycles. The molecule has 0 spiro atoms. The summed E-state index contributed by atoms with van der Waals surface area (Å²) in [5.74, 6) is 0. The first-order chi connectivity index (χ1) is 10.6. The van der Waals surface area contributed by atoms with Gasteiger partial charge in [0.05, 0.1) is 11.0 Å². The van der Waals surface area contributed by atoms with Gasteiger partial charge in [-0.05, 0) is 54.8 Å². The van der Waals surface area contributed by atoms with Gasteiger partial charge in [0.2, 0.25) is 0 Å². The van der Waals surface area contributed by atoms with Gasteiger partial charge in [0.15, 0.2) is 4.96 Å². The first kappa shape index (κ1) is 13.2. The summed E-state index contributed by atoms with van der Waals surface area (Å²) in [6.45, 7) is 4.11.